The van der Waals surface area contributed by atoms with Crippen LogP contribution >= 0.6 is 0 Å². The van der Waals surface area contributed by atoms with Gasteiger partial charge in [0.1, 0.15) is 17.2 Å². The van der Waals surface area contributed by atoms with E-state index in [0.717, 1.165) is 51.0 Å². The van der Waals surface area contributed by atoms with Crippen LogP contribution in [0.25, 0.3) is 0 Å². The fourth-order valence-corrected chi connectivity index (χ4v) is 4.89. The predicted molar refractivity (Wildman–Crippen MR) is 166 cm³/mol. The van der Waals surface area contributed by atoms with E-state index in [1.165, 1.54) is 35.2 Å². The Bertz CT molecular complexity index is 1450. The molecule has 0 radical (unpaired) electrons. The van der Waals surface area contributed by atoms with Crippen molar-refractivity contribution in [2.24, 2.45) is 0 Å². The number of aryl methyl sites for hydroxylation is 1. The third-order valence-corrected chi connectivity index (χ3v) is 7.57. The molecule has 3 aromatic rings. The number of unbranched alkanes of at least 4 members (excludes halogenated alkanes) is 2. The topological polar surface area (TPSA) is 123 Å². The van der Waals surface area contributed by atoms with E-state index in [1.54, 1.807) is 19.2 Å². The largest absolute Gasteiger partial charge is 0.507 e. The Hall–Kier alpha value is -4.57. The van der Waals surface area contributed by atoms with Crippen LogP contribution in [0.4, 0.5) is 11.4 Å². The van der Waals surface area contributed by atoms with Crippen LogP contribution in [-0.4, -0.2) is 84.6 Å². The first-order valence-electron chi connectivity index (χ1n) is 14.5. The molecule has 0 aromatic heterocycles. The van der Waals surface area contributed by atoms with Crippen molar-refractivity contribution in [1.82, 2.24) is 9.80 Å². The summed E-state index contributed by atoms with van der Waals surface area (Å²) in [4.78, 5) is 44.0. The van der Waals surface area contributed by atoms with Gasteiger partial charge < -0.3 is 35.0 Å². The monoisotopic (exact) mass is 588 g/mol. The second-order valence-corrected chi connectivity index (χ2v) is 10.9. The van der Waals surface area contributed by atoms with Gasteiger partial charge in [-0.1, -0.05) is 18.2 Å². The molecule has 4 rings (SSSR count). The fourth-order valence-electron chi connectivity index (χ4n) is 4.89. The van der Waals surface area contributed by atoms with Crippen LogP contribution in [0, 0.1) is 6.92 Å². The number of benzene rings is 3. The van der Waals surface area contributed by atoms with Crippen molar-refractivity contribution in [2.75, 3.05) is 57.1 Å². The molecule has 10 heteroatoms. The first kappa shape index (κ1) is 31.4. The molecule has 3 aromatic carbocycles. The number of para-hydroxylation sites is 1. The van der Waals surface area contributed by atoms with E-state index >= 15 is 0 Å². The van der Waals surface area contributed by atoms with Gasteiger partial charge in [0.25, 0.3) is 11.8 Å². The number of phenols is 2. The van der Waals surface area contributed by atoms with Crippen molar-refractivity contribution in [2.45, 2.75) is 32.6 Å². The number of likely N-dealkylation sites (N-methyl/N-ethyl adjacent to an activating group) is 1. The summed E-state index contributed by atoms with van der Waals surface area (Å²) in [5.74, 6) is -0.639. The zero-order valence-corrected chi connectivity index (χ0v) is 25.0. The molecule has 1 aliphatic rings. The minimum absolute atomic E-state index is 0.0628. The first-order chi connectivity index (χ1) is 20.6. The number of aromatic hydroxyl groups is 2. The van der Waals surface area contributed by atoms with Crippen LogP contribution in [0.15, 0.2) is 60.7 Å². The van der Waals surface area contributed by atoms with Gasteiger partial charge in [-0.3, -0.25) is 14.4 Å². The van der Waals surface area contributed by atoms with Crippen LogP contribution in [-0.2, 0) is 4.79 Å². The molecule has 0 atom stereocenters. The number of carbonyl (C=O) groups excluding carboxylic acids is 3. The zero-order chi connectivity index (χ0) is 30.9. The predicted octanol–water partition coefficient (Wildman–Crippen LogP) is 4.65. The number of hydrogen-bond donors (Lipinski definition) is 3. The molecule has 10 nitrogen and oxygen atoms in total. The second-order valence-electron chi connectivity index (χ2n) is 10.9. The van der Waals surface area contributed by atoms with Crippen molar-refractivity contribution in [3.05, 3.63) is 77.4 Å². The van der Waals surface area contributed by atoms with Crippen molar-refractivity contribution in [3.8, 4) is 17.2 Å². The molecule has 0 unspecified atom stereocenters. The van der Waals surface area contributed by atoms with E-state index < -0.39 is 5.91 Å². The van der Waals surface area contributed by atoms with Gasteiger partial charge in [0, 0.05) is 45.2 Å². The van der Waals surface area contributed by atoms with Gasteiger partial charge in [0.2, 0.25) is 5.91 Å². The lowest BCUT2D eigenvalue weighted by Crippen LogP contribution is -2.47. The standard InChI is InChI=1S/C33H40N4O6/c1-23-12-15-27(30(21-23)43-20-8-4-5-11-31(40)37-18-16-35(2)17-19-37)36(3)33(42)24-13-14-26(29(39)22-24)34-32(41)25-9-6-7-10-28(25)38/h6-7,9-10,12-15,21-22,38-39H,4-5,8,11,16-20H2,1-3H3,(H,34,41). The van der Waals surface area contributed by atoms with E-state index in [-0.39, 0.29) is 40.1 Å². The normalized spacial score (nSPS) is 13.4. The van der Waals surface area contributed by atoms with Crippen LogP contribution in [0.3, 0.4) is 0 Å². The smallest absolute Gasteiger partial charge is 0.259 e. The van der Waals surface area contributed by atoms with Gasteiger partial charge in [0.15, 0.2) is 0 Å². The second kappa shape index (κ2) is 14.6. The van der Waals surface area contributed by atoms with Gasteiger partial charge in [-0.05, 0) is 81.3 Å². The Morgan fingerprint density at radius 1 is 0.907 bits per heavy atom. The molecule has 1 heterocycles. The Morgan fingerprint density at radius 3 is 2.37 bits per heavy atom. The summed E-state index contributed by atoms with van der Waals surface area (Å²) in [7, 11) is 3.70. The average molecular weight is 589 g/mol. The molecule has 3 amide bonds. The highest BCUT2D eigenvalue weighted by Crippen LogP contribution is 2.32. The number of carbonyl (C=O) groups is 3. The summed E-state index contributed by atoms with van der Waals surface area (Å²) < 4.78 is 6.09. The maximum atomic E-state index is 13.4. The molecule has 1 aliphatic heterocycles. The lowest BCUT2D eigenvalue weighted by Gasteiger charge is -2.32. The zero-order valence-electron chi connectivity index (χ0n) is 25.0. The summed E-state index contributed by atoms with van der Waals surface area (Å²) in [6.07, 6.45) is 2.99. The Kier molecular flexibility index (Phi) is 10.6. The summed E-state index contributed by atoms with van der Waals surface area (Å²) in [5.41, 5.74) is 1.96. The van der Waals surface area contributed by atoms with Crippen LogP contribution in [0.1, 0.15) is 52.0 Å². The molecule has 1 fully saturated rings. The third-order valence-electron chi connectivity index (χ3n) is 7.57. The lowest BCUT2D eigenvalue weighted by atomic mass is 10.1. The molecular formula is C33H40N4O6. The number of hydrogen-bond acceptors (Lipinski definition) is 7. The van der Waals surface area contributed by atoms with Gasteiger partial charge in [0.05, 0.1) is 23.5 Å². The van der Waals surface area contributed by atoms with Crippen LogP contribution in [0.2, 0.25) is 0 Å². The maximum Gasteiger partial charge on any atom is 0.259 e. The highest BCUT2D eigenvalue weighted by atomic mass is 16.5. The summed E-state index contributed by atoms with van der Waals surface area (Å²) in [6, 6.07) is 15.9. The molecular weight excluding hydrogens is 548 g/mol. The number of nitrogens with zero attached hydrogens (tertiary/aromatic N) is 3. The van der Waals surface area contributed by atoms with Crippen molar-refractivity contribution < 1.29 is 29.3 Å². The van der Waals surface area contributed by atoms with E-state index in [2.05, 4.69) is 17.3 Å². The molecule has 0 bridgehead atoms. The SMILES string of the molecule is Cc1ccc(N(C)C(=O)c2ccc(NC(=O)c3ccccc3O)c(O)c2)c(OCCCCCC(=O)N2CCN(C)CC2)c1. The molecule has 0 spiro atoms. The van der Waals surface area contributed by atoms with E-state index in [4.69, 9.17) is 4.74 Å². The van der Waals surface area contributed by atoms with Crippen LogP contribution < -0.4 is 15.0 Å². The van der Waals surface area contributed by atoms with Crippen molar-refractivity contribution in [1.29, 1.82) is 0 Å². The molecule has 228 valence electrons. The summed E-state index contributed by atoms with van der Waals surface area (Å²) >= 11 is 0. The Balaban J connectivity index is 1.32. The fraction of sp³-hybridized carbons (Fsp3) is 0.364. The lowest BCUT2D eigenvalue weighted by molar-refractivity contribution is -0.132. The molecule has 3 N–H and O–H groups in total. The van der Waals surface area contributed by atoms with Crippen molar-refractivity contribution >= 4 is 29.1 Å². The quantitative estimate of drug-likeness (QED) is 0.220. The van der Waals surface area contributed by atoms with E-state index in [0.29, 0.717) is 24.5 Å². The van der Waals surface area contributed by atoms with Crippen LogP contribution in [0.5, 0.6) is 17.2 Å². The minimum Gasteiger partial charge on any atom is -0.507 e. The average Bonchev–Trinajstić information content (AvgIpc) is 2.99. The Labute approximate surface area is 252 Å². The molecule has 0 aliphatic carbocycles. The number of anilines is 2. The number of ether oxygens (including phenoxy) is 1. The van der Waals surface area contributed by atoms with Crippen molar-refractivity contribution in [3.63, 3.8) is 0 Å². The molecule has 1 saturated heterocycles. The van der Waals surface area contributed by atoms with Gasteiger partial charge in [-0.15, -0.1) is 0 Å². The maximum absolute atomic E-state index is 13.4. The number of phenolic OH excluding ortho intramolecular Hbond substituents is 2. The Morgan fingerprint density at radius 2 is 1.65 bits per heavy atom. The third kappa shape index (κ3) is 8.26. The van der Waals surface area contributed by atoms with Gasteiger partial charge in [-0.2, -0.15) is 0 Å². The number of rotatable bonds is 11. The highest BCUT2D eigenvalue weighted by Gasteiger charge is 2.21. The van der Waals surface area contributed by atoms with E-state index in [9.17, 15) is 24.6 Å². The summed E-state index contributed by atoms with van der Waals surface area (Å²) in [6.45, 7) is 5.82. The van der Waals surface area contributed by atoms with Gasteiger partial charge in [-0.25, -0.2) is 0 Å². The minimum atomic E-state index is -0.590. The molecule has 43 heavy (non-hydrogen) atoms. The first-order valence-corrected chi connectivity index (χ1v) is 14.5. The highest BCUT2D eigenvalue weighted by molar-refractivity contribution is 6.09. The number of nitrogens with one attached hydrogen (secondary N) is 1. The number of piperazine rings is 1. The molecule has 0 saturated carbocycles. The summed E-state index contributed by atoms with van der Waals surface area (Å²) in [5, 5.41) is 23.0. The van der Waals surface area contributed by atoms with Gasteiger partial charge >= 0.3 is 0 Å². The number of amides is 3. The van der Waals surface area contributed by atoms with E-state index in [1.807, 2.05) is 30.0 Å².